The first-order valence-corrected chi connectivity index (χ1v) is 12.6. The molecule has 4 rings (SSSR count). The number of piperazine rings is 1. The van der Waals surface area contributed by atoms with Crippen LogP contribution in [0.5, 0.6) is 0 Å². The number of nitrogens with zero attached hydrogens (tertiary/aromatic N) is 2. The molecule has 6 heteroatoms. The SMILES string of the molecule is CCOC(=O)c1ccc(N2CCN(CC3=C(c4ccc(Cl)cc4)CC[C@@](C)(CO)C3)CC2)cc1. The summed E-state index contributed by atoms with van der Waals surface area (Å²) in [6, 6.07) is 15.9. The van der Waals surface area contributed by atoms with Crippen LogP contribution in [0.25, 0.3) is 5.57 Å². The van der Waals surface area contributed by atoms with Gasteiger partial charge in [-0.25, -0.2) is 4.79 Å². The highest BCUT2D eigenvalue weighted by Crippen LogP contribution is 2.43. The van der Waals surface area contributed by atoms with E-state index in [4.69, 9.17) is 16.3 Å². The molecule has 0 aromatic heterocycles. The second kappa shape index (κ2) is 10.9. The zero-order valence-corrected chi connectivity index (χ0v) is 21.0. The van der Waals surface area contributed by atoms with Crippen LogP contribution in [0.2, 0.25) is 5.02 Å². The van der Waals surface area contributed by atoms with E-state index in [1.54, 1.807) is 0 Å². The van der Waals surface area contributed by atoms with Crippen molar-refractivity contribution in [2.45, 2.75) is 33.1 Å². The lowest BCUT2D eigenvalue weighted by atomic mass is 9.72. The van der Waals surface area contributed by atoms with Gasteiger partial charge in [-0.05, 0) is 79.1 Å². The largest absolute Gasteiger partial charge is 0.462 e. The highest BCUT2D eigenvalue weighted by molar-refractivity contribution is 6.30. The Balaban J connectivity index is 1.43. The number of carbonyl (C=O) groups excluding carboxylic acids is 1. The van der Waals surface area contributed by atoms with Gasteiger partial charge in [0.2, 0.25) is 0 Å². The lowest BCUT2D eigenvalue weighted by molar-refractivity contribution is 0.0526. The molecule has 1 atom stereocenters. The Bertz CT molecular complexity index is 1010. The van der Waals surface area contributed by atoms with Gasteiger partial charge in [0.1, 0.15) is 0 Å². The van der Waals surface area contributed by atoms with Gasteiger partial charge in [0, 0.05) is 50.0 Å². The lowest BCUT2D eigenvalue weighted by Gasteiger charge is -2.40. The Hall–Kier alpha value is -2.34. The summed E-state index contributed by atoms with van der Waals surface area (Å²) in [6.07, 6.45) is 2.92. The van der Waals surface area contributed by atoms with Crippen LogP contribution >= 0.6 is 11.6 Å². The van der Waals surface area contributed by atoms with E-state index in [-0.39, 0.29) is 18.0 Å². The highest BCUT2D eigenvalue weighted by Gasteiger charge is 2.32. The Morgan fingerprint density at radius 2 is 1.74 bits per heavy atom. The van der Waals surface area contributed by atoms with Gasteiger partial charge in [0.15, 0.2) is 0 Å². The van der Waals surface area contributed by atoms with Crippen molar-refractivity contribution >= 4 is 28.8 Å². The highest BCUT2D eigenvalue weighted by atomic mass is 35.5. The van der Waals surface area contributed by atoms with E-state index < -0.39 is 0 Å². The third-order valence-corrected chi connectivity index (χ3v) is 7.40. The van der Waals surface area contributed by atoms with Crippen molar-refractivity contribution in [3.8, 4) is 0 Å². The lowest BCUT2D eigenvalue weighted by Crippen LogP contribution is -2.47. The fourth-order valence-electron chi connectivity index (χ4n) is 5.06. The van der Waals surface area contributed by atoms with Gasteiger partial charge in [-0.1, -0.05) is 36.2 Å². The standard InChI is InChI=1S/C28H35ClN2O3/c1-3-34-27(33)22-6-10-25(11-7-22)31-16-14-30(15-17-31)19-23-18-28(2,20-32)13-12-26(23)21-4-8-24(29)9-5-21/h4-11,32H,3,12-20H2,1-2H3/t28-/m1/s1. The molecular formula is C28H35ClN2O3. The number of rotatable bonds is 7. The average molecular weight is 483 g/mol. The minimum atomic E-state index is -0.272. The van der Waals surface area contributed by atoms with Gasteiger partial charge in [0.05, 0.1) is 12.2 Å². The molecule has 1 fully saturated rings. The Morgan fingerprint density at radius 3 is 2.35 bits per heavy atom. The topological polar surface area (TPSA) is 53.0 Å². The number of carbonyl (C=O) groups is 1. The van der Waals surface area contributed by atoms with Crippen LogP contribution in [-0.4, -0.2) is 61.9 Å². The fourth-order valence-corrected chi connectivity index (χ4v) is 5.18. The first-order valence-electron chi connectivity index (χ1n) is 12.2. The summed E-state index contributed by atoms with van der Waals surface area (Å²) in [6.45, 7) is 9.40. The van der Waals surface area contributed by atoms with Crippen molar-refractivity contribution in [1.29, 1.82) is 0 Å². The van der Waals surface area contributed by atoms with E-state index >= 15 is 0 Å². The van der Waals surface area contributed by atoms with Crippen molar-refractivity contribution in [2.24, 2.45) is 5.41 Å². The summed E-state index contributed by atoms with van der Waals surface area (Å²) >= 11 is 6.13. The van der Waals surface area contributed by atoms with E-state index in [0.717, 1.165) is 62.7 Å². The number of anilines is 1. The van der Waals surface area contributed by atoms with Crippen molar-refractivity contribution in [2.75, 3.05) is 50.8 Å². The maximum absolute atomic E-state index is 11.9. The van der Waals surface area contributed by atoms with Gasteiger partial charge in [-0.15, -0.1) is 0 Å². The summed E-state index contributed by atoms with van der Waals surface area (Å²) in [7, 11) is 0. The number of benzene rings is 2. The summed E-state index contributed by atoms with van der Waals surface area (Å²) in [5.74, 6) is -0.272. The Kier molecular flexibility index (Phi) is 7.97. The quantitative estimate of drug-likeness (QED) is 0.544. The molecule has 1 heterocycles. The molecule has 1 aliphatic carbocycles. The Labute approximate surface area is 208 Å². The van der Waals surface area contributed by atoms with Gasteiger partial charge < -0.3 is 14.7 Å². The number of aliphatic hydroxyl groups is 1. The molecular weight excluding hydrogens is 448 g/mol. The van der Waals surface area contributed by atoms with Crippen LogP contribution in [0, 0.1) is 5.41 Å². The van der Waals surface area contributed by atoms with Crippen LogP contribution in [0.4, 0.5) is 5.69 Å². The molecule has 1 aliphatic heterocycles. The molecule has 0 amide bonds. The molecule has 0 bridgehead atoms. The molecule has 1 saturated heterocycles. The minimum Gasteiger partial charge on any atom is -0.462 e. The molecule has 2 aromatic carbocycles. The summed E-state index contributed by atoms with van der Waals surface area (Å²) in [4.78, 5) is 16.8. The second-order valence-corrected chi connectivity index (χ2v) is 10.2. The molecule has 0 radical (unpaired) electrons. The fraction of sp³-hybridized carbons (Fsp3) is 0.464. The van der Waals surface area contributed by atoms with Gasteiger partial charge in [-0.2, -0.15) is 0 Å². The molecule has 2 aromatic rings. The maximum atomic E-state index is 11.9. The summed E-state index contributed by atoms with van der Waals surface area (Å²) < 4.78 is 5.08. The molecule has 0 spiro atoms. The van der Waals surface area contributed by atoms with Crippen molar-refractivity contribution < 1.29 is 14.6 Å². The van der Waals surface area contributed by atoms with Gasteiger partial charge in [-0.3, -0.25) is 4.90 Å². The van der Waals surface area contributed by atoms with Crippen molar-refractivity contribution in [3.63, 3.8) is 0 Å². The number of hydrogen-bond acceptors (Lipinski definition) is 5. The van der Waals surface area contributed by atoms with Crippen LogP contribution in [0.15, 0.2) is 54.1 Å². The van der Waals surface area contributed by atoms with Crippen LogP contribution in [0.3, 0.4) is 0 Å². The van der Waals surface area contributed by atoms with Gasteiger partial charge >= 0.3 is 5.97 Å². The second-order valence-electron chi connectivity index (χ2n) is 9.77. The number of allylic oxidation sites excluding steroid dienone is 1. The molecule has 34 heavy (non-hydrogen) atoms. The molecule has 182 valence electrons. The van der Waals surface area contributed by atoms with Crippen LogP contribution in [0.1, 0.15) is 49.0 Å². The number of ether oxygens (including phenoxy) is 1. The van der Waals surface area contributed by atoms with E-state index in [1.165, 1.54) is 16.7 Å². The Morgan fingerprint density at radius 1 is 1.06 bits per heavy atom. The predicted molar refractivity (Wildman–Crippen MR) is 138 cm³/mol. The number of hydrogen-bond donors (Lipinski definition) is 1. The zero-order valence-electron chi connectivity index (χ0n) is 20.2. The predicted octanol–water partition coefficient (Wildman–Crippen LogP) is 5.28. The average Bonchev–Trinajstić information content (AvgIpc) is 2.86. The van der Waals surface area contributed by atoms with Crippen molar-refractivity contribution in [3.05, 3.63) is 70.3 Å². The summed E-state index contributed by atoms with van der Waals surface area (Å²) in [5.41, 5.74) is 5.79. The number of esters is 1. The van der Waals surface area contributed by atoms with E-state index in [2.05, 4.69) is 28.9 Å². The molecule has 0 saturated carbocycles. The minimum absolute atomic E-state index is 0.0479. The van der Waals surface area contributed by atoms with Crippen LogP contribution in [-0.2, 0) is 4.74 Å². The molecule has 2 aliphatic rings. The van der Waals surface area contributed by atoms with Gasteiger partial charge in [0.25, 0.3) is 0 Å². The third kappa shape index (κ3) is 5.83. The first-order chi connectivity index (χ1) is 16.4. The molecule has 1 N–H and O–H groups in total. The summed E-state index contributed by atoms with van der Waals surface area (Å²) in [5, 5.41) is 10.8. The maximum Gasteiger partial charge on any atom is 0.338 e. The first kappa shape index (κ1) is 24.8. The van der Waals surface area contributed by atoms with E-state index in [9.17, 15) is 9.90 Å². The van der Waals surface area contributed by atoms with Crippen molar-refractivity contribution in [1.82, 2.24) is 4.90 Å². The smallest absolute Gasteiger partial charge is 0.338 e. The third-order valence-electron chi connectivity index (χ3n) is 7.15. The zero-order chi connectivity index (χ0) is 24.1. The number of halogens is 1. The molecule has 0 unspecified atom stereocenters. The number of aliphatic hydroxyl groups excluding tert-OH is 1. The monoisotopic (exact) mass is 482 g/mol. The van der Waals surface area contributed by atoms with E-state index in [1.807, 2.05) is 43.3 Å². The molecule has 5 nitrogen and oxygen atoms in total. The normalized spacial score (nSPS) is 21.6. The van der Waals surface area contributed by atoms with Crippen LogP contribution < -0.4 is 4.90 Å². The van der Waals surface area contributed by atoms with E-state index in [0.29, 0.717) is 12.2 Å².